The van der Waals surface area contributed by atoms with Gasteiger partial charge in [-0.25, -0.2) is 9.18 Å². The molecule has 132 valence electrons. The van der Waals surface area contributed by atoms with Gasteiger partial charge in [-0.15, -0.1) is 0 Å². The van der Waals surface area contributed by atoms with Crippen LogP contribution >= 0.6 is 0 Å². The molecule has 0 bridgehead atoms. The molecule has 1 atom stereocenters. The average Bonchev–Trinajstić information content (AvgIpc) is 3.17. The van der Waals surface area contributed by atoms with Gasteiger partial charge in [-0.3, -0.25) is 9.58 Å². The molecule has 1 aromatic heterocycles. The number of rotatable bonds is 2. The number of urea groups is 1. The topological polar surface area (TPSA) is 50.2 Å². The quantitative estimate of drug-likeness (QED) is 0.911. The Morgan fingerprint density at radius 1 is 1.32 bits per heavy atom. The monoisotopic (exact) mass is 342 g/mol. The molecule has 5 nitrogen and oxygen atoms in total. The van der Waals surface area contributed by atoms with Crippen LogP contribution in [0.1, 0.15) is 43.1 Å². The van der Waals surface area contributed by atoms with Gasteiger partial charge in [0.25, 0.3) is 0 Å². The van der Waals surface area contributed by atoms with Crippen molar-refractivity contribution in [1.29, 1.82) is 0 Å². The van der Waals surface area contributed by atoms with Gasteiger partial charge in [0.1, 0.15) is 5.82 Å². The molecule has 1 aliphatic carbocycles. The number of anilines is 1. The van der Waals surface area contributed by atoms with E-state index in [1.165, 1.54) is 23.4 Å². The highest BCUT2D eigenvalue weighted by Gasteiger charge is 2.29. The fourth-order valence-electron chi connectivity index (χ4n) is 3.92. The van der Waals surface area contributed by atoms with Crippen LogP contribution in [-0.2, 0) is 19.3 Å². The van der Waals surface area contributed by atoms with Crippen LogP contribution in [-0.4, -0.2) is 28.4 Å². The first-order valence-corrected chi connectivity index (χ1v) is 8.94. The Bertz CT molecular complexity index is 814. The van der Waals surface area contributed by atoms with Crippen molar-refractivity contribution >= 4 is 11.7 Å². The normalized spacial score (nSPS) is 19.0. The highest BCUT2D eigenvalue weighted by molar-refractivity contribution is 5.94. The first-order chi connectivity index (χ1) is 12.0. The molecule has 25 heavy (non-hydrogen) atoms. The zero-order valence-corrected chi connectivity index (χ0v) is 14.6. The summed E-state index contributed by atoms with van der Waals surface area (Å²) in [7, 11) is 0. The maximum atomic E-state index is 13.3. The lowest BCUT2D eigenvalue weighted by Gasteiger charge is -2.27. The van der Waals surface area contributed by atoms with E-state index < -0.39 is 0 Å². The highest BCUT2D eigenvalue weighted by atomic mass is 19.1. The number of hydrogen-bond acceptors (Lipinski definition) is 2. The number of hydrogen-bond donors (Lipinski definition) is 1. The van der Waals surface area contributed by atoms with E-state index in [0.29, 0.717) is 19.0 Å². The van der Waals surface area contributed by atoms with Gasteiger partial charge in [-0.05, 0) is 62.4 Å². The largest absolute Gasteiger partial charge is 0.335 e. The summed E-state index contributed by atoms with van der Waals surface area (Å²) in [4.78, 5) is 14.5. The van der Waals surface area contributed by atoms with E-state index in [0.717, 1.165) is 30.5 Å². The van der Waals surface area contributed by atoms with Crippen LogP contribution in [0, 0.1) is 5.82 Å². The van der Waals surface area contributed by atoms with Gasteiger partial charge in [0.05, 0.1) is 6.20 Å². The molecule has 2 amide bonds. The predicted molar refractivity (Wildman–Crippen MR) is 94.4 cm³/mol. The molecule has 2 aliphatic rings. The molecular weight excluding hydrogens is 319 g/mol. The van der Waals surface area contributed by atoms with Gasteiger partial charge in [-0.1, -0.05) is 0 Å². The zero-order valence-electron chi connectivity index (χ0n) is 14.6. The van der Waals surface area contributed by atoms with Crippen molar-refractivity contribution < 1.29 is 9.18 Å². The Kier molecular flexibility index (Phi) is 3.98. The van der Waals surface area contributed by atoms with E-state index in [4.69, 9.17) is 0 Å². The van der Waals surface area contributed by atoms with Crippen LogP contribution in [0.25, 0.3) is 0 Å². The highest BCUT2D eigenvalue weighted by Crippen LogP contribution is 2.29. The second kappa shape index (κ2) is 6.17. The molecule has 0 spiro atoms. The second-order valence-corrected chi connectivity index (χ2v) is 7.22. The average molecular weight is 342 g/mol. The number of nitrogens with one attached hydrogen (secondary N) is 1. The number of benzene rings is 1. The van der Waals surface area contributed by atoms with E-state index >= 15 is 0 Å². The number of fused-ring (bicyclic) bond motifs is 2. The Hall–Kier alpha value is -2.37. The molecule has 0 saturated carbocycles. The minimum absolute atomic E-state index is 0.0885. The first kappa shape index (κ1) is 16.1. The maximum Gasteiger partial charge on any atom is 0.322 e. The minimum atomic E-state index is -0.247. The van der Waals surface area contributed by atoms with Crippen LogP contribution in [0.2, 0.25) is 0 Å². The standard InChI is InChI=1S/C19H23FN4O/c1-12(2)24-18-10-16(5-3-14(18)11-21-24)22-19(25)23-8-7-13-9-15(20)4-6-17(13)23/h4,6,9,11-12,16H,3,5,7-8,10H2,1-2H3,(H,22,25). The third-order valence-electron chi connectivity index (χ3n) is 5.19. The number of aryl methyl sites for hydroxylation is 1. The summed E-state index contributed by atoms with van der Waals surface area (Å²) in [6.45, 7) is 4.85. The fourth-order valence-corrected chi connectivity index (χ4v) is 3.92. The van der Waals surface area contributed by atoms with Crippen molar-refractivity contribution in [2.75, 3.05) is 11.4 Å². The second-order valence-electron chi connectivity index (χ2n) is 7.22. The lowest BCUT2D eigenvalue weighted by molar-refractivity contribution is 0.241. The summed E-state index contributed by atoms with van der Waals surface area (Å²) in [6.07, 6.45) is 5.33. The summed E-state index contributed by atoms with van der Waals surface area (Å²) in [5.74, 6) is -0.247. The molecule has 0 fully saturated rings. The van der Waals surface area contributed by atoms with Gasteiger partial charge in [0.2, 0.25) is 0 Å². The van der Waals surface area contributed by atoms with Crippen molar-refractivity contribution in [3.05, 3.63) is 47.0 Å². The minimum Gasteiger partial charge on any atom is -0.335 e. The molecule has 4 rings (SSSR count). The molecule has 1 N–H and O–H groups in total. The molecule has 1 aromatic carbocycles. The van der Waals surface area contributed by atoms with Crippen LogP contribution in [0.3, 0.4) is 0 Å². The van der Waals surface area contributed by atoms with Gasteiger partial charge >= 0.3 is 6.03 Å². The molecule has 2 aromatic rings. The number of halogens is 1. The Morgan fingerprint density at radius 2 is 2.16 bits per heavy atom. The van der Waals surface area contributed by atoms with E-state index in [9.17, 15) is 9.18 Å². The number of amides is 2. The van der Waals surface area contributed by atoms with Crippen molar-refractivity contribution in [2.24, 2.45) is 0 Å². The van der Waals surface area contributed by atoms with Gasteiger partial charge in [0, 0.05) is 36.4 Å². The van der Waals surface area contributed by atoms with E-state index in [-0.39, 0.29) is 17.9 Å². The fraction of sp³-hybridized carbons (Fsp3) is 0.474. The van der Waals surface area contributed by atoms with Crippen molar-refractivity contribution in [3.63, 3.8) is 0 Å². The van der Waals surface area contributed by atoms with E-state index in [2.05, 4.69) is 28.9 Å². The summed E-state index contributed by atoms with van der Waals surface area (Å²) in [5.41, 5.74) is 4.25. The molecule has 2 heterocycles. The summed E-state index contributed by atoms with van der Waals surface area (Å²) >= 11 is 0. The molecule has 0 radical (unpaired) electrons. The number of aromatic nitrogens is 2. The zero-order chi connectivity index (χ0) is 17.6. The number of nitrogens with zero attached hydrogens (tertiary/aromatic N) is 3. The van der Waals surface area contributed by atoms with Crippen molar-refractivity contribution in [3.8, 4) is 0 Å². The van der Waals surface area contributed by atoms with E-state index in [1.807, 2.05) is 6.20 Å². The van der Waals surface area contributed by atoms with Crippen LogP contribution in [0.15, 0.2) is 24.4 Å². The smallest absolute Gasteiger partial charge is 0.322 e. The Labute approximate surface area is 146 Å². The van der Waals surface area contributed by atoms with Crippen molar-refractivity contribution in [1.82, 2.24) is 15.1 Å². The lowest BCUT2D eigenvalue weighted by atomic mass is 9.93. The van der Waals surface area contributed by atoms with Gasteiger partial charge in [0.15, 0.2) is 0 Å². The third-order valence-corrected chi connectivity index (χ3v) is 5.19. The van der Waals surface area contributed by atoms with E-state index in [1.54, 1.807) is 11.0 Å². The first-order valence-electron chi connectivity index (χ1n) is 8.94. The van der Waals surface area contributed by atoms with Crippen LogP contribution < -0.4 is 10.2 Å². The van der Waals surface area contributed by atoms with Gasteiger partial charge in [-0.2, -0.15) is 5.10 Å². The maximum absolute atomic E-state index is 13.3. The molecule has 1 aliphatic heterocycles. The van der Waals surface area contributed by atoms with Crippen LogP contribution in [0.4, 0.5) is 14.9 Å². The van der Waals surface area contributed by atoms with Crippen molar-refractivity contribution in [2.45, 2.75) is 51.6 Å². The summed E-state index contributed by atoms with van der Waals surface area (Å²) < 4.78 is 15.4. The molecular formula is C19H23FN4O. The lowest BCUT2D eigenvalue weighted by Crippen LogP contribution is -2.46. The SMILES string of the molecule is CC(C)n1ncc2c1CC(NC(=O)N1CCc3cc(F)ccc31)CC2. The van der Waals surface area contributed by atoms with Crippen LogP contribution in [0.5, 0.6) is 0 Å². The summed E-state index contributed by atoms with van der Waals surface area (Å²) in [5, 5.41) is 7.65. The predicted octanol–water partition coefficient (Wildman–Crippen LogP) is 3.23. The summed E-state index contributed by atoms with van der Waals surface area (Å²) in [6, 6.07) is 4.98. The molecule has 6 heteroatoms. The van der Waals surface area contributed by atoms with Gasteiger partial charge < -0.3 is 5.32 Å². The number of carbonyl (C=O) groups is 1. The third kappa shape index (κ3) is 2.90. The Balaban J connectivity index is 1.47. The molecule has 0 saturated heterocycles. The number of carbonyl (C=O) groups excluding carboxylic acids is 1. The Morgan fingerprint density at radius 3 is 2.96 bits per heavy atom. The molecule has 1 unspecified atom stereocenters.